The lowest BCUT2D eigenvalue weighted by Crippen LogP contribution is -2.41. The van der Waals surface area contributed by atoms with Crippen LogP contribution in [0.25, 0.3) is 0 Å². The van der Waals surface area contributed by atoms with E-state index in [2.05, 4.69) is 0 Å². The van der Waals surface area contributed by atoms with Gasteiger partial charge in [0.25, 0.3) is 0 Å². The van der Waals surface area contributed by atoms with E-state index in [0.29, 0.717) is 22.6 Å². The summed E-state index contributed by atoms with van der Waals surface area (Å²) < 4.78 is 55.4. The maximum Gasteiger partial charge on any atom is 0.416 e. The Kier molecular flexibility index (Phi) is 7.57. The average molecular weight is 515 g/mol. The first kappa shape index (κ1) is 26.8. The van der Waals surface area contributed by atoms with Gasteiger partial charge in [-0.3, -0.25) is 4.90 Å². The number of rotatable bonds is 5. The van der Waals surface area contributed by atoms with Crippen LogP contribution in [0.5, 0.6) is 0 Å². The summed E-state index contributed by atoms with van der Waals surface area (Å²) in [5.41, 5.74) is 3.12. The van der Waals surface area contributed by atoms with Crippen LogP contribution in [-0.2, 0) is 30.0 Å². The van der Waals surface area contributed by atoms with E-state index in [1.54, 1.807) is 30.3 Å². The van der Waals surface area contributed by atoms with Crippen molar-refractivity contribution >= 4 is 23.6 Å². The van der Waals surface area contributed by atoms with Gasteiger partial charge in [0.1, 0.15) is 11.5 Å². The van der Waals surface area contributed by atoms with E-state index in [1.807, 2.05) is 6.07 Å². The molecule has 1 heterocycles. The summed E-state index contributed by atoms with van der Waals surface area (Å²) in [6.45, 7) is 0. The maximum absolute atomic E-state index is 13.6. The monoisotopic (exact) mass is 515 g/mol. The molecule has 0 amide bonds. The minimum Gasteiger partial charge on any atom is -0.466 e. The molecule has 0 saturated carbocycles. The predicted molar refractivity (Wildman–Crippen MR) is 122 cm³/mol. The van der Waals surface area contributed by atoms with E-state index in [9.17, 15) is 32.8 Å². The highest BCUT2D eigenvalue weighted by Gasteiger charge is 2.44. The van der Waals surface area contributed by atoms with Crippen LogP contribution >= 0.6 is 0 Å². The predicted octanol–water partition coefficient (Wildman–Crippen LogP) is 3.39. The maximum atomic E-state index is 13.6. The summed E-state index contributed by atoms with van der Waals surface area (Å²) >= 11 is 0. The van der Waals surface area contributed by atoms with Crippen molar-refractivity contribution in [3.8, 4) is 6.07 Å². The number of benzene rings is 2. The molecular weight excluding hydrogens is 495 g/mol. The highest BCUT2D eigenvalue weighted by atomic mass is 19.4. The molecule has 2 N–H and O–H groups in total. The summed E-state index contributed by atoms with van der Waals surface area (Å²) in [4.78, 5) is 39.4. The van der Waals surface area contributed by atoms with Crippen molar-refractivity contribution in [1.29, 1.82) is 5.26 Å². The van der Waals surface area contributed by atoms with E-state index in [1.165, 1.54) is 0 Å². The van der Waals surface area contributed by atoms with Crippen LogP contribution in [0.1, 0.15) is 27.4 Å². The van der Waals surface area contributed by atoms with E-state index in [4.69, 9.17) is 19.9 Å². The van der Waals surface area contributed by atoms with E-state index in [-0.39, 0.29) is 5.57 Å². The van der Waals surface area contributed by atoms with Crippen molar-refractivity contribution in [3.05, 3.63) is 87.9 Å². The fourth-order valence-electron chi connectivity index (χ4n) is 3.94. The Morgan fingerprint density at radius 3 is 2.05 bits per heavy atom. The number of halogens is 3. The van der Waals surface area contributed by atoms with Crippen LogP contribution < -0.4 is 10.6 Å². The first-order valence-electron chi connectivity index (χ1n) is 10.5. The molecule has 0 radical (unpaired) electrons. The Labute approximate surface area is 209 Å². The second-order valence-corrected chi connectivity index (χ2v) is 7.56. The van der Waals surface area contributed by atoms with Gasteiger partial charge in [0.15, 0.2) is 0 Å². The molecule has 12 heteroatoms. The molecule has 1 aliphatic heterocycles. The summed E-state index contributed by atoms with van der Waals surface area (Å²) in [6, 6.07) is 11.9. The molecule has 3 rings (SSSR count). The van der Waals surface area contributed by atoms with Gasteiger partial charge in [0, 0.05) is 0 Å². The number of anilines is 1. The average Bonchev–Trinajstić information content (AvgIpc) is 2.90. The number of esters is 3. The lowest BCUT2D eigenvalue weighted by atomic mass is 9.80. The van der Waals surface area contributed by atoms with Gasteiger partial charge >= 0.3 is 24.1 Å². The summed E-state index contributed by atoms with van der Waals surface area (Å²) in [5.74, 6) is -5.07. The number of alkyl halides is 3. The van der Waals surface area contributed by atoms with Crippen molar-refractivity contribution in [2.45, 2.75) is 12.1 Å². The molecule has 0 aromatic heterocycles. The zero-order valence-corrected chi connectivity index (χ0v) is 19.8. The van der Waals surface area contributed by atoms with Crippen molar-refractivity contribution in [2.24, 2.45) is 5.73 Å². The first-order valence-corrected chi connectivity index (χ1v) is 10.5. The van der Waals surface area contributed by atoms with Gasteiger partial charge in [-0.15, -0.1) is 0 Å². The Hall–Kier alpha value is -4.79. The molecule has 1 unspecified atom stereocenters. The third kappa shape index (κ3) is 4.84. The van der Waals surface area contributed by atoms with Gasteiger partial charge in [-0.25, -0.2) is 14.4 Å². The molecule has 0 aliphatic carbocycles. The van der Waals surface area contributed by atoms with Crippen molar-refractivity contribution < 1.29 is 41.8 Å². The third-order valence-corrected chi connectivity index (χ3v) is 5.58. The Morgan fingerprint density at radius 1 is 0.946 bits per heavy atom. The fourth-order valence-corrected chi connectivity index (χ4v) is 3.94. The number of hydrogen-bond acceptors (Lipinski definition) is 9. The topological polar surface area (TPSA) is 132 Å². The van der Waals surface area contributed by atoms with Crippen LogP contribution in [0.15, 0.2) is 71.2 Å². The zero-order valence-electron chi connectivity index (χ0n) is 19.8. The second kappa shape index (κ2) is 10.4. The summed E-state index contributed by atoms with van der Waals surface area (Å²) in [7, 11) is 3.00. The third-order valence-electron chi connectivity index (χ3n) is 5.58. The lowest BCUT2D eigenvalue weighted by molar-refractivity contribution is -0.139. The summed E-state index contributed by atoms with van der Waals surface area (Å²) in [5, 5.41) is 10.0. The highest BCUT2D eigenvalue weighted by Crippen LogP contribution is 2.45. The molecule has 0 bridgehead atoms. The minimum atomic E-state index is -4.86. The molecule has 2 aromatic carbocycles. The SMILES string of the molecule is COC(=O)C1=C(C(=O)OC)N(c2cc(C(F)(F)F)ccc2C(=O)OC)C(N)=C(C#N)C1c1ccccc1. The Bertz CT molecular complexity index is 1360. The number of nitriles is 1. The molecule has 9 nitrogen and oxygen atoms in total. The quantitative estimate of drug-likeness (QED) is 0.470. The molecule has 0 fully saturated rings. The number of methoxy groups -OCH3 is 3. The van der Waals surface area contributed by atoms with Gasteiger partial charge in [0.05, 0.1) is 61.3 Å². The number of nitrogens with two attached hydrogens (primary N) is 1. The van der Waals surface area contributed by atoms with Gasteiger partial charge in [0.2, 0.25) is 0 Å². The van der Waals surface area contributed by atoms with E-state index >= 15 is 0 Å². The summed E-state index contributed by atoms with van der Waals surface area (Å²) in [6.07, 6.45) is -4.86. The van der Waals surface area contributed by atoms with Crippen LogP contribution in [-0.4, -0.2) is 39.2 Å². The number of ether oxygens (including phenoxy) is 3. The standard InChI is InChI=1S/C25H20F3N3O6/c1-35-22(32)15-10-9-14(25(26,27)28)11-17(15)31-20(24(34)37-3)19(23(33)36-2)18(16(12-29)21(31)30)13-7-5-4-6-8-13/h4-11,18H,30H2,1-3H3. The lowest BCUT2D eigenvalue weighted by Gasteiger charge is -2.36. The van der Waals surface area contributed by atoms with Crippen LogP contribution in [0.3, 0.4) is 0 Å². The number of nitrogens with zero attached hydrogens (tertiary/aromatic N) is 2. The molecule has 1 atom stereocenters. The van der Waals surface area contributed by atoms with Crippen molar-refractivity contribution in [2.75, 3.05) is 26.2 Å². The van der Waals surface area contributed by atoms with Crippen LogP contribution in [0.4, 0.5) is 18.9 Å². The molecule has 0 saturated heterocycles. The molecule has 0 spiro atoms. The molecule has 2 aromatic rings. The molecule has 192 valence electrons. The second-order valence-electron chi connectivity index (χ2n) is 7.56. The number of carbonyl (C=O) groups is 3. The number of hydrogen-bond donors (Lipinski definition) is 1. The number of carbonyl (C=O) groups excluding carboxylic acids is 3. The number of allylic oxidation sites excluding steroid dienone is 1. The van der Waals surface area contributed by atoms with Gasteiger partial charge in [-0.1, -0.05) is 30.3 Å². The molecular formula is C25H20F3N3O6. The van der Waals surface area contributed by atoms with Crippen LogP contribution in [0, 0.1) is 11.3 Å². The zero-order chi connectivity index (χ0) is 27.5. The highest BCUT2D eigenvalue weighted by molar-refractivity contribution is 6.08. The molecule has 1 aliphatic rings. The Balaban J connectivity index is 2.52. The molecule has 37 heavy (non-hydrogen) atoms. The van der Waals surface area contributed by atoms with Gasteiger partial charge < -0.3 is 19.9 Å². The van der Waals surface area contributed by atoms with E-state index in [0.717, 1.165) is 27.4 Å². The van der Waals surface area contributed by atoms with Crippen LogP contribution in [0.2, 0.25) is 0 Å². The Morgan fingerprint density at radius 2 is 1.54 bits per heavy atom. The normalized spacial score (nSPS) is 15.7. The van der Waals surface area contributed by atoms with E-state index < -0.39 is 63.9 Å². The largest absolute Gasteiger partial charge is 0.466 e. The fraction of sp³-hybridized carbons (Fsp3) is 0.200. The van der Waals surface area contributed by atoms with Gasteiger partial charge in [-0.2, -0.15) is 18.4 Å². The minimum absolute atomic E-state index is 0.285. The van der Waals surface area contributed by atoms with Crippen molar-refractivity contribution in [1.82, 2.24) is 0 Å². The smallest absolute Gasteiger partial charge is 0.416 e. The van der Waals surface area contributed by atoms with Crippen molar-refractivity contribution in [3.63, 3.8) is 0 Å². The van der Waals surface area contributed by atoms with Gasteiger partial charge in [-0.05, 0) is 23.8 Å². The first-order chi connectivity index (χ1) is 17.5.